The molecule has 0 bridgehead atoms. The van der Waals surface area contributed by atoms with Crippen LogP contribution in [0.1, 0.15) is 33.3 Å². The van der Waals surface area contributed by atoms with Crippen molar-refractivity contribution in [2.75, 3.05) is 0 Å². The molecule has 1 N–H and O–H groups in total. The fourth-order valence-electron chi connectivity index (χ4n) is 1.35. The number of aliphatic hydroxyl groups is 1. The first-order valence-corrected chi connectivity index (χ1v) is 5.11. The minimum Gasteiger partial charge on any atom is -0.485 e. The second-order valence-corrected chi connectivity index (χ2v) is 4.46. The van der Waals surface area contributed by atoms with Crippen molar-refractivity contribution in [2.24, 2.45) is 0 Å². The number of hydrogen-bond donors (Lipinski definition) is 1. The van der Waals surface area contributed by atoms with Crippen molar-refractivity contribution < 1.29 is 18.6 Å². The standard InChI is InChI=1S/C12H16F2O2/c1-7(2)16-11-9(13)6-5-8(10(11)14)12(3,4)15/h5-7,15H,1-4H3. The second-order valence-electron chi connectivity index (χ2n) is 4.46. The minimum atomic E-state index is -1.37. The summed E-state index contributed by atoms with van der Waals surface area (Å²) in [6.07, 6.45) is -0.332. The van der Waals surface area contributed by atoms with Crippen LogP contribution in [-0.4, -0.2) is 11.2 Å². The van der Waals surface area contributed by atoms with Crippen molar-refractivity contribution in [3.63, 3.8) is 0 Å². The van der Waals surface area contributed by atoms with Crippen LogP contribution in [0.15, 0.2) is 12.1 Å². The molecule has 0 saturated carbocycles. The minimum absolute atomic E-state index is 0.0181. The molecule has 1 rings (SSSR count). The van der Waals surface area contributed by atoms with E-state index < -0.39 is 23.0 Å². The maximum atomic E-state index is 13.9. The molecule has 90 valence electrons. The van der Waals surface area contributed by atoms with Crippen LogP contribution >= 0.6 is 0 Å². The first-order chi connectivity index (χ1) is 7.23. The quantitative estimate of drug-likeness (QED) is 0.865. The maximum absolute atomic E-state index is 13.9. The predicted molar refractivity (Wildman–Crippen MR) is 57.4 cm³/mol. The van der Waals surface area contributed by atoms with E-state index in [4.69, 9.17) is 4.74 Å². The lowest BCUT2D eigenvalue weighted by atomic mass is 9.97. The van der Waals surface area contributed by atoms with Crippen molar-refractivity contribution in [3.05, 3.63) is 29.3 Å². The summed E-state index contributed by atoms with van der Waals surface area (Å²) in [5.41, 5.74) is -1.35. The Balaban J connectivity index is 3.27. The zero-order valence-electron chi connectivity index (χ0n) is 9.84. The number of benzene rings is 1. The highest BCUT2D eigenvalue weighted by molar-refractivity contribution is 5.35. The Morgan fingerprint density at radius 1 is 1.25 bits per heavy atom. The van der Waals surface area contributed by atoms with Gasteiger partial charge in [-0.25, -0.2) is 8.78 Å². The highest BCUT2D eigenvalue weighted by Crippen LogP contribution is 2.31. The Bertz CT molecular complexity index is 381. The van der Waals surface area contributed by atoms with E-state index in [0.717, 1.165) is 6.07 Å². The van der Waals surface area contributed by atoms with E-state index in [1.54, 1.807) is 13.8 Å². The molecule has 0 fully saturated rings. The SMILES string of the molecule is CC(C)Oc1c(F)ccc(C(C)(C)O)c1F. The summed E-state index contributed by atoms with van der Waals surface area (Å²) in [5, 5.41) is 9.70. The number of ether oxygens (including phenoxy) is 1. The van der Waals surface area contributed by atoms with Crippen molar-refractivity contribution in [3.8, 4) is 5.75 Å². The highest BCUT2D eigenvalue weighted by Gasteiger charge is 2.25. The van der Waals surface area contributed by atoms with Gasteiger partial charge >= 0.3 is 0 Å². The number of hydrogen-bond acceptors (Lipinski definition) is 2. The molecular formula is C12H16F2O2. The Morgan fingerprint density at radius 3 is 2.25 bits per heavy atom. The van der Waals surface area contributed by atoms with Gasteiger partial charge in [-0.05, 0) is 33.8 Å². The molecule has 0 saturated heterocycles. The lowest BCUT2D eigenvalue weighted by Gasteiger charge is -2.21. The Labute approximate surface area is 93.9 Å². The van der Waals surface area contributed by atoms with Crippen molar-refractivity contribution in [1.29, 1.82) is 0 Å². The normalized spacial score (nSPS) is 12.0. The van der Waals surface area contributed by atoms with Gasteiger partial charge in [0.05, 0.1) is 11.7 Å². The number of rotatable bonds is 3. The average molecular weight is 230 g/mol. The molecule has 0 amide bonds. The molecule has 0 spiro atoms. The molecule has 1 aromatic carbocycles. The molecule has 0 heterocycles. The third kappa shape index (κ3) is 2.70. The molecule has 0 radical (unpaired) electrons. The van der Waals surface area contributed by atoms with Gasteiger partial charge in [0.2, 0.25) is 0 Å². The summed E-state index contributed by atoms with van der Waals surface area (Å²) >= 11 is 0. The van der Waals surface area contributed by atoms with E-state index in [1.807, 2.05) is 0 Å². The van der Waals surface area contributed by atoms with Gasteiger partial charge in [-0.15, -0.1) is 0 Å². The van der Waals surface area contributed by atoms with E-state index in [-0.39, 0.29) is 11.7 Å². The Hall–Kier alpha value is -1.16. The molecule has 16 heavy (non-hydrogen) atoms. The van der Waals surface area contributed by atoms with Crippen LogP contribution in [0.25, 0.3) is 0 Å². The predicted octanol–water partition coefficient (Wildman–Crippen LogP) is 2.98. The van der Waals surface area contributed by atoms with Crippen LogP contribution in [0.3, 0.4) is 0 Å². The van der Waals surface area contributed by atoms with Gasteiger partial charge in [-0.3, -0.25) is 0 Å². The molecule has 0 aliphatic carbocycles. The molecule has 2 nitrogen and oxygen atoms in total. The van der Waals surface area contributed by atoms with Crippen LogP contribution in [0.5, 0.6) is 5.75 Å². The Morgan fingerprint density at radius 2 is 1.81 bits per heavy atom. The average Bonchev–Trinajstić information content (AvgIpc) is 2.09. The molecule has 0 aliphatic heterocycles. The van der Waals surface area contributed by atoms with Gasteiger partial charge in [0.25, 0.3) is 0 Å². The lowest BCUT2D eigenvalue weighted by Crippen LogP contribution is -2.19. The van der Waals surface area contributed by atoms with Gasteiger partial charge < -0.3 is 9.84 Å². The third-order valence-corrected chi connectivity index (χ3v) is 2.06. The topological polar surface area (TPSA) is 29.5 Å². The molecule has 0 aromatic heterocycles. The zero-order valence-corrected chi connectivity index (χ0v) is 9.84. The monoisotopic (exact) mass is 230 g/mol. The smallest absolute Gasteiger partial charge is 0.191 e. The first-order valence-electron chi connectivity index (χ1n) is 5.11. The third-order valence-electron chi connectivity index (χ3n) is 2.06. The summed E-state index contributed by atoms with van der Waals surface area (Å²) in [4.78, 5) is 0. The first kappa shape index (κ1) is 12.9. The van der Waals surface area contributed by atoms with Crippen molar-refractivity contribution >= 4 is 0 Å². The summed E-state index contributed by atoms with van der Waals surface area (Å²) in [7, 11) is 0. The fourth-order valence-corrected chi connectivity index (χ4v) is 1.35. The molecule has 4 heteroatoms. The Kier molecular flexibility index (Phi) is 3.53. The van der Waals surface area contributed by atoms with Crippen LogP contribution in [0.2, 0.25) is 0 Å². The molecular weight excluding hydrogens is 214 g/mol. The van der Waals surface area contributed by atoms with E-state index in [2.05, 4.69) is 0 Å². The second kappa shape index (κ2) is 4.37. The molecule has 1 aromatic rings. The number of halogens is 2. The van der Waals surface area contributed by atoms with E-state index >= 15 is 0 Å². The van der Waals surface area contributed by atoms with Crippen LogP contribution in [0.4, 0.5) is 8.78 Å². The maximum Gasteiger partial charge on any atom is 0.191 e. The largest absolute Gasteiger partial charge is 0.485 e. The molecule has 0 aliphatic rings. The lowest BCUT2D eigenvalue weighted by molar-refractivity contribution is 0.0730. The van der Waals surface area contributed by atoms with Gasteiger partial charge in [-0.2, -0.15) is 0 Å². The molecule has 0 unspecified atom stereocenters. The van der Waals surface area contributed by atoms with Gasteiger partial charge in [0.15, 0.2) is 17.4 Å². The van der Waals surface area contributed by atoms with Crippen LogP contribution < -0.4 is 4.74 Å². The van der Waals surface area contributed by atoms with Crippen LogP contribution in [0, 0.1) is 11.6 Å². The van der Waals surface area contributed by atoms with E-state index in [0.29, 0.717) is 0 Å². The fraction of sp³-hybridized carbons (Fsp3) is 0.500. The van der Waals surface area contributed by atoms with Gasteiger partial charge in [0.1, 0.15) is 0 Å². The van der Waals surface area contributed by atoms with Gasteiger partial charge in [-0.1, -0.05) is 6.07 Å². The van der Waals surface area contributed by atoms with Crippen molar-refractivity contribution in [1.82, 2.24) is 0 Å². The molecule has 0 atom stereocenters. The van der Waals surface area contributed by atoms with E-state index in [1.165, 1.54) is 19.9 Å². The summed E-state index contributed by atoms with van der Waals surface area (Å²) in [6, 6.07) is 2.31. The van der Waals surface area contributed by atoms with Crippen molar-refractivity contribution in [2.45, 2.75) is 39.4 Å². The summed E-state index contributed by atoms with van der Waals surface area (Å²) in [6.45, 7) is 6.22. The highest BCUT2D eigenvalue weighted by atomic mass is 19.1. The zero-order chi connectivity index (χ0) is 12.5. The summed E-state index contributed by atoms with van der Waals surface area (Å²) < 4.78 is 32.2. The van der Waals surface area contributed by atoms with Crippen LogP contribution in [-0.2, 0) is 5.60 Å². The van der Waals surface area contributed by atoms with E-state index in [9.17, 15) is 13.9 Å². The summed E-state index contributed by atoms with van der Waals surface area (Å²) in [5.74, 6) is -2.05. The van der Waals surface area contributed by atoms with Gasteiger partial charge in [0, 0.05) is 5.56 Å².